The van der Waals surface area contributed by atoms with Gasteiger partial charge in [0.1, 0.15) is 6.61 Å². The van der Waals surface area contributed by atoms with Crippen molar-refractivity contribution in [3.8, 4) is 11.5 Å². The standard InChI is InChI=1S/C17H22N2O3/c1-13(20)10-19-11-15-3-4-16(17(9-15)21-2)22-12-14-5-7-18-8-6-14/h3-9,13,19-20H,10-12H2,1-2H3. The number of aromatic nitrogens is 1. The molecule has 1 heterocycles. The van der Waals surface area contributed by atoms with Crippen LogP contribution in [0.15, 0.2) is 42.7 Å². The number of nitrogens with zero attached hydrogens (tertiary/aromatic N) is 1. The maximum atomic E-state index is 9.24. The monoisotopic (exact) mass is 302 g/mol. The summed E-state index contributed by atoms with van der Waals surface area (Å²) in [6, 6.07) is 9.66. The Morgan fingerprint density at radius 1 is 1.14 bits per heavy atom. The summed E-state index contributed by atoms with van der Waals surface area (Å²) < 4.78 is 11.2. The highest BCUT2D eigenvalue weighted by Crippen LogP contribution is 2.28. The minimum absolute atomic E-state index is 0.357. The minimum atomic E-state index is -0.357. The summed E-state index contributed by atoms with van der Waals surface area (Å²) in [6.07, 6.45) is 3.13. The van der Waals surface area contributed by atoms with Gasteiger partial charge in [0.2, 0.25) is 0 Å². The van der Waals surface area contributed by atoms with E-state index in [-0.39, 0.29) is 6.10 Å². The fourth-order valence-corrected chi connectivity index (χ4v) is 2.01. The van der Waals surface area contributed by atoms with Crippen LogP contribution < -0.4 is 14.8 Å². The minimum Gasteiger partial charge on any atom is -0.493 e. The van der Waals surface area contributed by atoms with Gasteiger partial charge in [-0.2, -0.15) is 0 Å². The summed E-state index contributed by atoms with van der Waals surface area (Å²) in [5, 5.41) is 12.4. The molecule has 0 aliphatic heterocycles. The molecular weight excluding hydrogens is 280 g/mol. The molecule has 0 bridgehead atoms. The number of methoxy groups -OCH3 is 1. The Morgan fingerprint density at radius 3 is 2.59 bits per heavy atom. The van der Waals surface area contributed by atoms with Gasteiger partial charge in [0.25, 0.3) is 0 Å². The van der Waals surface area contributed by atoms with Gasteiger partial charge in [0.15, 0.2) is 11.5 Å². The molecule has 0 aliphatic rings. The number of nitrogens with one attached hydrogen (secondary N) is 1. The lowest BCUT2D eigenvalue weighted by atomic mass is 10.2. The Labute approximate surface area is 130 Å². The molecule has 2 aromatic rings. The van der Waals surface area contributed by atoms with E-state index in [9.17, 15) is 5.11 Å². The van der Waals surface area contributed by atoms with Crippen molar-refractivity contribution in [1.82, 2.24) is 10.3 Å². The number of hydrogen-bond acceptors (Lipinski definition) is 5. The molecule has 5 nitrogen and oxygen atoms in total. The number of aliphatic hydroxyl groups excluding tert-OH is 1. The second-order valence-electron chi connectivity index (χ2n) is 5.11. The van der Waals surface area contributed by atoms with E-state index in [0.29, 0.717) is 31.2 Å². The van der Waals surface area contributed by atoms with Crippen LogP contribution >= 0.6 is 0 Å². The van der Waals surface area contributed by atoms with E-state index < -0.39 is 0 Å². The Bertz CT molecular complexity index is 573. The highest BCUT2D eigenvalue weighted by molar-refractivity contribution is 5.43. The predicted molar refractivity (Wildman–Crippen MR) is 85.0 cm³/mol. The first-order valence-electron chi connectivity index (χ1n) is 7.26. The predicted octanol–water partition coefficient (Wildman–Crippen LogP) is 2.14. The van der Waals surface area contributed by atoms with Crippen molar-refractivity contribution < 1.29 is 14.6 Å². The molecule has 0 saturated carbocycles. The summed E-state index contributed by atoms with van der Waals surface area (Å²) in [7, 11) is 1.63. The van der Waals surface area contributed by atoms with E-state index in [1.807, 2.05) is 30.3 Å². The molecule has 1 atom stereocenters. The third-order valence-corrected chi connectivity index (χ3v) is 3.14. The number of aliphatic hydroxyl groups is 1. The number of rotatable bonds is 8. The van der Waals surface area contributed by atoms with Crippen molar-refractivity contribution in [2.75, 3.05) is 13.7 Å². The summed E-state index contributed by atoms with van der Waals surface area (Å²) >= 11 is 0. The molecule has 0 aliphatic carbocycles. The summed E-state index contributed by atoms with van der Waals surface area (Å²) in [6.45, 7) is 3.45. The lowest BCUT2D eigenvalue weighted by Gasteiger charge is -2.13. The molecule has 0 spiro atoms. The van der Waals surface area contributed by atoms with Crippen LogP contribution in [0.5, 0.6) is 11.5 Å². The van der Waals surface area contributed by atoms with Crippen LogP contribution in [0.4, 0.5) is 0 Å². The van der Waals surface area contributed by atoms with Gasteiger partial charge in [-0.05, 0) is 42.3 Å². The number of hydrogen-bond donors (Lipinski definition) is 2. The van der Waals surface area contributed by atoms with Crippen LogP contribution in [0.3, 0.4) is 0 Å². The maximum absolute atomic E-state index is 9.24. The summed E-state index contributed by atoms with van der Waals surface area (Å²) in [5.41, 5.74) is 2.13. The molecule has 0 amide bonds. The van der Waals surface area contributed by atoms with Crippen LogP contribution in [0.2, 0.25) is 0 Å². The van der Waals surface area contributed by atoms with Crippen molar-refractivity contribution in [3.05, 3.63) is 53.9 Å². The second kappa shape index (κ2) is 8.36. The van der Waals surface area contributed by atoms with Crippen molar-refractivity contribution in [2.45, 2.75) is 26.2 Å². The average Bonchev–Trinajstić information content (AvgIpc) is 2.54. The third kappa shape index (κ3) is 5.02. The van der Waals surface area contributed by atoms with E-state index in [2.05, 4.69) is 10.3 Å². The highest BCUT2D eigenvalue weighted by Gasteiger charge is 2.06. The Kier molecular flexibility index (Phi) is 6.18. The molecule has 5 heteroatoms. The zero-order chi connectivity index (χ0) is 15.8. The van der Waals surface area contributed by atoms with E-state index in [1.54, 1.807) is 26.4 Å². The first-order valence-corrected chi connectivity index (χ1v) is 7.26. The van der Waals surface area contributed by atoms with Gasteiger partial charge in [-0.3, -0.25) is 4.98 Å². The molecule has 1 aromatic heterocycles. The molecule has 1 unspecified atom stereocenters. The molecule has 0 radical (unpaired) electrons. The average molecular weight is 302 g/mol. The van der Waals surface area contributed by atoms with Crippen molar-refractivity contribution in [3.63, 3.8) is 0 Å². The van der Waals surface area contributed by atoms with Gasteiger partial charge in [0, 0.05) is 25.5 Å². The molecular formula is C17H22N2O3. The van der Waals surface area contributed by atoms with Crippen LogP contribution in [-0.4, -0.2) is 29.8 Å². The molecule has 118 valence electrons. The van der Waals surface area contributed by atoms with Gasteiger partial charge >= 0.3 is 0 Å². The highest BCUT2D eigenvalue weighted by atomic mass is 16.5. The first kappa shape index (κ1) is 16.3. The van der Waals surface area contributed by atoms with Crippen molar-refractivity contribution in [1.29, 1.82) is 0 Å². The summed E-state index contributed by atoms with van der Waals surface area (Å²) in [4.78, 5) is 3.98. The van der Waals surface area contributed by atoms with E-state index >= 15 is 0 Å². The van der Waals surface area contributed by atoms with Gasteiger partial charge in [-0.15, -0.1) is 0 Å². The largest absolute Gasteiger partial charge is 0.493 e. The molecule has 22 heavy (non-hydrogen) atoms. The number of ether oxygens (including phenoxy) is 2. The number of pyridine rings is 1. The smallest absolute Gasteiger partial charge is 0.161 e. The van der Waals surface area contributed by atoms with Crippen molar-refractivity contribution >= 4 is 0 Å². The lowest BCUT2D eigenvalue weighted by Crippen LogP contribution is -2.23. The molecule has 0 fully saturated rings. The first-order chi connectivity index (χ1) is 10.7. The lowest BCUT2D eigenvalue weighted by molar-refractivity contribution is 0.191. The quantitative estimate of drug-likeness (QED) is 0.782. The van der Waals surface area contributed by atoms with Crippen molar-refractivity contribution in [2.24, 2.45) is 0 Å². The second-order valence-corrected chi connectivity index (χ2v) is 5.11. The van der Waals surface area contributed by atoms with Gasteiger partial charge in [-0.1, -0.05) is 6.07 Å². The normalized spacial score (nSPS) is 12.0. The van der Waals surface area contributed by atoms with Crippen LogP contribution in [-0.2, 0) is 13.2 Å². The Hall–Kier alpha value is -2.11. The Balaban J connectivity index is 1.96. The SMILES string of the molecule is COc1cc(CNCC(C)O)ccc1OCc1ccncc1. The fourth-order valence-electron chi connectivity index (χ4n) is 2.01. The summed E-state index contributed by atoms with van der Waals surface area (Å²) in [5.74, 6) is 1.41. The van der Waals surface area contributed by atoms with E-state index in [4.69, 9.17) is 9.47 Å². The molecule has 1 aromatic carbocycles. The fraction of sp³-hybridized carbons (Fsp3) is 0.353. The Morgan fingerprint density at radius 2 is 1.91 bits per heavy atom. The van der Waals surface area contributed by atoms with Crippen LogP contribution in [0.25, 0.3) is 0 Å². The van der Waals surface area contributed by atoms with Gasteiger partial charge in [-0.25, -0.2) is 0 Å². The van der Waals surface area contributed by atoms with E-state index in [0.717, 1.165) is 11.1 Å². The topological polar surface area (TPSA) is 63.6 Å². The van der Waals surface area contributed by atoms with Gasteiger partial charge < -0.3 is 19.9 Å². The van der Waals surface area contributed by atoms with E-state index in [1.165, 1.54) is 0 Å². The zero-order valence-corrected chi connectivity index (χ0v) is 13.0. The third-order valence-electron chi connectivity index (χ3n) is 3.14. The van der Waals surface area contributed by atoms with Gasteiger partial charge in [0.05, 0.1) is 13.2 Å². The molecule has 2 N–H and O–H groups in total. The van der Waals surface area contributed by atoms with Crippen LogP contribution in [0, 0.1) is 0 Å². The molecule has 0 saturated heterocycles. The maximum Gasteiger partial charge on any atom is 0.161 e. The zero-order valence-electron chi connectivity index (χ0n) is 13.0. The number of benzene rings is 1. The van der Waals surface area contributed by atoms with Crippen LogP contribution in [0.1, 0.15) is 18.1 Å². The molecule has 2 rings (SSSR count).